The second-order valence-electron chi connectivity index (χ2n) is 6.08. The van der Waals surface area contributed by atoms with Crippen molar-refractivity contribution in [2.45, 2.75) is 44.9 Å². The Kier molecular flexibility index (Phi) is 5.83. The molecular formula is C15H26N2O3. The van der Waals surface area contributed by atoms with Gasteiger partial charge in [0.05, 0.1) is 5.92 Å². The molecule has 2 fully saturated rings. The highest BCUT2D eigenvalue weighted by Crippen LogP contribution is 2.28. The van der Waals surface area contributed by atoms with Gasteiger partial charge in [-0.2, -0.15) is 0 Å². The van der Waals surface area contributed by atoms with Crippen LogP contribution in [0, 0.1) is 11.8 Å². The lowest BCUT2D eigenvalue weighted by Gasteiger charge is -2.25. The molecule has 0 radical (unpaired) electrons. The number of aliphatic carboxylic acids is 1. The Morgan fingerprint density at radius 2 is 1.65 bits per heavy atom. The monoisotopic (exact) mass is 282 g/mol. The Morgan fingerprint density at radius 3 is 2.25 bits per heavy atom. The molecule has 1 aliphatic heterocycles. The number of rotatable bonds is 6. The molecule has 0 unspecified atom stereocenters. The van der Waals surface area contributed by atoms with E-state index in [1.165, 1.54) is 25.9 Å². The highest BCUT2D eigenvalue weighted by atomic mass is 16.4. The molecule has 2 rings (SSSR count). The van der Waals surface area contributed by atoms with E-state index in [1.54, 1.807) is 0 Å². The van der Waals surface area contributed by atoms with Crippen LogP contribution >= 0.6 is 0 Å². The third-order valence-corrected chi connectivity index (χ3v) is 4.60. The van der Waals surface area contributed by atoms with Crippen LogP contribution in [0.15, 0.2) is 0 Å². The Hall–Kier alpha value is -1.10. The Labute approximate surface area is 120 Å². The molecule has 0 aromatic rings. The summed E-state index contributed by atoms with van der Waals surface area (Å²) >= 11 is 0. The van der Waals surface area contributed by atoms with E-state index in [0.29, 0.717) is 12.8 Å². The molecule has 0 spiro atoms. The number of nitrogens with one attached hydrogen (secondary N) is 1. The van der Waals surface area contributed by atoms with Crippen LogP contribution in [0.3, 0.4) is 0 Å². The van der Waals surface area contributed by atoms with Crippen molar-refractivity contribution in [3.8, 4) is 0 Å². The summed E-state index contributed by atoms with van der Waals surface area (Å²) in [5.74, 6) is -0.809. The van der Waals surface area contributed by atoms with Gasteiger partial charge < -0.3 is 15.3 Å². The predicted octanol–water partition coefficient (Wildman–Crippen LogP) is 1.48. The first-order valence-corrected chi connectivity index (χ1v) is 7.89. The number of carbonyl (C=O) groups excluding carboxylic acids is 1. The lowest BCUT2D eigenvalue weighted by molar-refractivity contribution is -0.144. The zero-order valence-electron chi connectivity index (χ0n) is 12.1. The fourth-order valence-electron chi connectivity index (χ4n) is 3.27. The maximum Gasteiger partial charge on any atom is 0.306 e. The molecule has 0 aromatic carbocycles. The number of hydrogen-bond acceptors (Lipinski definition) is 3. The number of likely N-dealkylation sites (tertiary alicyclic amines) is 1. The Morgan fingerprint density at radius 1 is 1.05 bits per heavy atom. The van der Waals surface area contributed by atoms with Crippen molar-refractivity contribution in [3.63, 3.8) is 0 Å². The summed E-state index contributed by atoms with van der Waals surface area (Å²) < 4.78 is 0. The van der Waals surface area contributed by atoms with E-state index in [2.05, 4.69) is 10.2 Å². The summed E-state index contributed by atoms with van der Waals surface area (Å²) in [7, 11) is 0. The quantitative estimate of drug-likeness (QED) is 0.724. The van der Waals surface area contributed by atoms with Crippen molar-refractivity contribution in [2.75, 3.05) is 26.2 Å². The lowest BCUT2D eigenvalue weighted by Crippen LogP contribution is -2.35. The molecule has 20 heavy (non-hydrogen) atoms. The highest BCUT2D eigenvalue weighted by molar-refractivity contribution is 5.79. The van der Waals surface area contributed by atoms with Crippen molar-refractivity contribution in [3.05, 3.63) is 0 Å². The Balaban J connectivity index is 1.57. The van der Waals surface area contributed by atoms with Crippen molar-refractivity contribution in [1.29, 1.82) is 0 Å². The number of nitrogens with zero attached hydrogens (tertiary/aromatic N) is 1. The van der Waals surface area contributed by atoms with E-state index in [1.807, 2.05) is 0 Å². The number of carboxylic acids is 1. The third-order valence-electron chi connectivity index (χ3n) is 4.60. The molecule has 1 saturated heterocycles. The molecule has 1 aliphatic carbocycles. The molecule has 2 N–H and O–H groups in total. The van der Waals surface area contributed by atoms with Gasteiger partial charge in [0.2, 0.25) is 5.91 Å². The summed E-state index contributed by atoms with van der Waals surface area (Å²) in [5, 5.41) is 11.9. The molecule has 1 saturated carbocycles. The van der Waals surface area contributed by atoms with Crippen LogP contribution in [0.2, 0.25) is 0 Å². The summed E-state index contributed by atoms with van der Waals surface area (Å²) in [4.78, 5) is 25.3. The molecule has 5 nitrogen and oxygen atoms in total. The zero-order chi connectivity index (χ0) is 14.4. The second kappa shape index (κ2) is 7.62. The average molecular weight is 282 g/mol. The van der Waals surface area contributed by atoms with Gasteiger partial charge >= 0.3 is 5.97 Å². The third kappa shape index (κ3) is 4.47. The maximum atomic E-state index is 12.0. The van der Waals surface area contributed by atoms with Gasteiger partial charge in [-0.3, -0.25) is 9.59 Å². The fourth-order valence-corrected chi connectivity index (χ4v) is 3.27. The first-order valence-electron chi connectivity index (χ1n) is 7.89. The van der Waals surface area contributed by atoms with Gasteiger partial charge in [0, 0.05) is 12.5 Å². The van der Waals surface area contributed by atoms with E-state index in [-0.39, 0.29) is 17.7 Å². The summed E-state index contributed by atoms with van der Waals surface area (Å²) in [6, 6.07) is 0. The fraction of sp³-hybridized carbons (Fsp3) is 0.867. The highest BCUT2D eigenvalue weighted by Gasteiger charge is 2.29. The van der Waals surface area contributed by atoms with E-state index in [4.69, 9.17) is 5.11 Å². The van der Waals surface area contributed by atoms with Gasteiger partial charge in [0.1, 0.15) is 0 Å². The molecule has 0 aromatic heterocycles. The van der Waals surface area contributed by atoms with Gasteiger partial charge in [0.25, 0.3) is 0 Å². The van der Waals surface area contributed by atoms with Gasteiger partial charge in [0.15, 0.2) is 0 Å². The standard InChI is InChI=1S/C15H26N2O3/c18-14(12-4-6-13(7-5-12)15(19)20)16-8-3-11-17-9-1-2-10-17/h12-13H,1-11H2,(H,16,18)(H,19,20). The minimum atomic E-state index is -0.713. The molecule has 0 bridgehead atoms. The van der Waals surface area contributed by atoms with E-state index in [9.17, 15) is 9.59 Å². The molecule has 5 heteroatoms. The Bertz CT molecular complexity index is 332. The molecule has 0 atom stereocenters. The van der Waals surface area contributed by atoms with Gasteiger partial charge in [-0.1, -0.05) is 0 Å². The van der Waals surface area contributed by atoms with E-state index in [0.717, 1.165) is 32.4 Å². The van der Waals surface area contributed by atoms with Gasteiger partial charge in [-0.05, 0) is 64.6 Å². The van der Waals surface area contributed by atoms with Crippen LogP contribution in [0.4, 0.5) is 0 Å². The van der Waals surface area contributed by atoms with E-state index < -0.39 is 5.97 Å². The van der Waals surface area contributed by atoms with Gasteiger partial charge in [-0.15, -0.1) is 0 Å². The first-order chi connectivity index (χ1) is 9.66. The molecule has 1 amide bonds. The molecule has 1 heterocycles. The summed E-state index contributed by atoms with van der Waals surface area (Å²) in [5.41, 5.74) is 0. The molecular weight excluding hydrogens is 256 g/mol. The van der Waals surface area contributed by atoms with Crippen LogP contribution < -0.4 is 5.32 Å². The van der Waals surface area contributed by atoms with Crippen LogP contribution in [0.5, 0.6) is 0 Å². The number of carboxylic acid groups (broad SMARTS) is 1. The topological polar surface area (TPSA) is 69.6 Å². The smallest absolute Gasteiger partial charge is 0.306 e. The summed E-state index contributed by atoms with van der Waals surface area (Å²) in [6.07, 6.45) is 6.33. The van der Waals surface area contributed by atoms with Gasteiger partial charge in [-0.25, -0.2) is 0 Å². The zero-order valence-corrected chi connectivity index (χ0v) is 12.1. The minimum Gasteiger partial charge on any atom is -0.481 e. The van der Waals surface area contributed by atoms with Crippen molar-refractivity contribution < 1.29 is 14.7 Å². The molecule has 2 aliphatic rings. The summed E-state index contributed by atoms with van der Waals surface area (Å²) in [6.45, 7) is 4.22. The average Bonchev–Trinajstić information content (AvgIpc) is 2.96. The largest absolute Gasteiger partial charge is 0.481 e. The van der Waals surface area contributed by atoms with Crippen LogP contribution in [-0.4, -0.2) is 48.1 Å². The van der Waals surface area contributed by atoms with Crippen molar-refractivity contribution in [1.82, 2.24) is 10.2 Å². The van der Waals surface area contributed by atoms with Crippen LogP contribution in [-0.2, 0) is 9.59 Å². The van der Waals surface area contributed by atoms with Crippen LogP contribution in [0.25, 0.3) is 0 Å². The SMILES string of the molecule is O=C(O)C1CCC(C(=O)NCCCN2CCCC2)CC1. The number of amides is 1. The molecule has 114 valence electrons. The first kappa shape index (κ1) is 15.3. The van der Waals surface area contributed by atoms with E-state index >= 15 is 0 Å². The van der Waals surface area contributed by atoms with Crippen LogP contribution in [0.1, 0.15) is 44.9 Å². The number of hydrogen-bond donors (Lipinski definition) is 2. The second-order valence-corrected chi connectivity index (χ2v) is 6.08. The normalized spacial score (nSPS) is 27.4. The minimum absolute atomic E-state index is 0.0254. The van der Waals surface area contributed by atoms with Crippen molar-refractivity contribution >= 4 is 11.9 Å². The number of carbonyl (C=O) groups is 2. The maximum absolute atomic E-state index is 12.0. The lowest BCUT2D eigenvalue weighted by atomic mass is 9.81. The predicted molar refractivity (Wildman–Crippen MR) is 76.4 cm³/mol. The van der Waals surface area contributed by atoms with Crippen molar-refractivity contribution in [2.24, 2.45) is 11.8 Å².